The second kappa shape index (κ2) is 7.07. The van der Waals surface area contributed by atoms with Crippen molar-refractivity contribution >= 4 is 17.6 Å². The minimum Gasteiger partial charge on any atom is -0.478 e. The van der Waals surface area contributed by atoms with E-state index in [0.29, 0.717) is 5.56 Å². The van der Waals surface area contributed by atoms with Crippen LogP contribution in [0.15, 0.2) is 24.4 Å². The number of benzene rings is 1. The molecule has 24 heavy (non-hydrogen) atoms. The number of carboxylic acid groups (broad SMARTS) is 1. The Morgan fingerprint density at radius 1 is 1.38 bits per heavy atom. The number of nitrogens with zero attached hydrogens (tertiary/aromatic N) is 2. The van der Waals surface area contributed by atoms with Gasteiger partial charge in [0.25, 0.3) is 18.2 Å². The summed E-state index contributed by atoms with van der Waals surface area (Å²) >= 11 is 0. The third kappa shape index (κ3) is 3.86. The number of carboxylic acids is 1. The molecule has 9 heteroatoms. The fraction of sp³-hybridized carbons (Fsp3) is 0.267. The van der Waals surface area contributed by atoms with Crippen LogP contribution in [0.1, 0.15) is 26.3 Å². The van der Waals surface area contributed by atoms with Crippen LogP contribution >= 0.6 is 0 Å². The maximum atomic E-state index is 12.4. The van der Waals surface area contributed by atoms with Crippen LogP contribution in [0.4, 0.5) is 14.5 Å². The van der Waals surface area contributed by atoms with Crippen LogP contribution in [0.3, 0.4) is 0 Å². The molecule has 0 aliphatic rings. The lowest BCUT2D eigenvalue weighted by atomic mass is 10.0. The summed E-state index contributed by atoms with van der Waals surface area (Å²) in [7, 11) is 1.54. The normalized spacial score (nSPS) is 10.7. The van der Waals surface area contributed by atoms with Crippen molar-refractivity contribution in [2.24, 2.45) is 7.05 Å². The Hall–Kier alpha value is -2.97. The molecule has 0 atom stereocenters. The Labute approximate surface area is 135 Å². The van der Waals surface area contributed by atoms with Gasteiger partial charge in [-0.15, -0.1) is 5.10 Å². The lowest BCUT2D eigenvalue weighted by molar-refractivity contribution is 0.0696. The second-order valence-corrected chi connectivity index (χ2v) is 4.96. The number of hydrogen-bond donors (Lipinski definition) is 2. The maximum Gasteiger partial charge on any atom is 0.335 e. The molecule has 1 aromatic heterocycles. The number of carbonyl (C=O) groups excluding carboxylic acids is 1. The van der Waals surface area contributed by atoms with Crippen molar-refractivity contribution in [1.29, 1.82) is 0 Å². The monoisotopic (exact) mass is 339 g/mol. The molecular formula is C15H15F2N3O4. The highest BCUT2D eigenvalue weighted by Gasteiger charge is 2.19. The molecule has 2 aromatic rings. The molecule has 0 saturated heterocycles. The van der Waals surface area contributed by atoms with Gasteiger partial charge in [-0.1, -0.05) is 6.07 Å². The first-order chi connectivity index (χ1) is 11.3. The molecule has 1 amide bonds. The SMILES string of the molecule is Cc1c(C(=O)O)cccc1C(=O)Nc1cn(C)nc1OCC(F)F. The number of halogens is 2. The van der Waals surface area contributed by atoms with Crippen molar-refractivity contribution in [3.05, 3.63) is 41.1 Å². The van der Waals surface area contributed by atoms with Crippen molar-refractivity contribution in [3.63, 3.8) is 0 Å². The van der Waals surface area contributed by atoms with Gasteiger partial charge in [0.05, 0.1) is 11.8 Å². The molecule has 2 rings (SSSR count). The van der Waals surface area contributed by atoms with Crippen LogP contribution in [0, 0.1) is 6.92 Å². The Morgan fingerprint density at radius 3 is 2.67 bits per heavy atom. The summed E-state index contributed by atoms with van der Waals surface area (Å²) in [5.74, 6) is -1.88. The summed E-state index contributed by atoms with van der Waals surface area (Å²) in [6, 6.07) is 4.30. The van der Waals surface area contributed by atoms with E-state index in [1.54, 1.807) is 7.05 Å². The van der Waals surface area contributed by atoms with E-state index in [0.717, 1.165) is 0 Å². The van der Waals surface area contributed by atoms with Crippen molar-refractivity contribution in [2.75, 3.05) is 11.9 Å². The molecule has 1 aromatic carbocycles. The number of hydrogen-bond acceptors (Lipinski definition) is 4. The first-order valence-electron chi connectivity index (χ1n) is 6.88. The van der Waals surface area contributed by atoms with Gasteiger partial charge in [0.1, 0.15) is 5.69 Å². The molecular weight excluding hydrogens is 324 g/mol. The number of nitrogens with one attached hydrogen (secondary N) is 1. The molecule has 0 aliphatic heterocycles. The largest absolute Gasteiger partial charge is 0.478 e. The third-order valence-electron chi connectivity index (χ3n) is 3.20. The van der Waals surface area contributed by atoms with Crippen LogP contribution in [0.25, 0.3) is 0 Å². The Kier molecular flexibility index (Phi) is 5.12. The summed E-state index contributed by atoms with van der Waals surface area (Å²) in [6.07, 6.45) is -1.28. The van der Waals surface area contributed by atoms with E-state index in [1.165, 1.54) is 36.0 Å². The molecule has 0 bridgehead atoms. The first-order valence-corrected chi connectivity index (χ1v) is 6.88. The number of anilines is 1. The molecule has 128 valence electrons. The fourth-order valence-electron chi connectivity index (χ4n) is 2.11. The van der Waals surface area contributed by atoms with Crippen LogP contribution in [0.5, 0.6) is 5.88 Å². The quantitative estimate of drug-likeness (QED) is 0.842. The van der Waals surface area contributed by atoms with E-state index in [9.17, 15) is 18.4 Å². The van der Waals surface area contributed by atoms with Gasteiger partial charge in [0.2, 0.25) is 0 Å². The Bertz CT molecular complexity index is 774. The van der Waals surface area contributed by atoms with Crippen LogP contribution < -0.4 is 10.1 Å². The fourth-order valence-corrected chi connectivity index (χ4v) is 2.11. The van der Waals surface area contributed by atoms with Gasteiger partial charge in [0, 0.05) is 12.6 Å². The zero-order chi connectivity index (χ0) is 17.9. The van der Waals surface area contributed by atoms with Gasteiger partial charge in [-0.2, -0.15) is 0 Å². The summed E-state index contributed by atoms with van der Waals surface area (Å²) in [6.45, 7) is 0.656. The first kappa shape index (κ1) is 17.4. The van der Waals surface area contributed by atoms with Crippen molar-refractivity contribution < 1.29 is 28.2 Å². The summed E-state index contributed by atoms with van der Waals surface area (Å²) in [5.41, 5.74) is 0.561. The van der Waals surface area contributed by atoms with E-state index in [4.69, 9.17) is 9.84 Å². The Morgan fingerprint density at radius 2 is 2.04 bits per heavy atom. The average molecular weight is 339 g/mol. The second-order valence-electron chi connectivity index (χ2n) is 4.96. The number of alkyl halides is 2. The van der Waals surface area contributed by atoms with Crippen molar-refractivity contribution in [1.82, 2.24) is 9.78 Å². The van der Waals surface area contributed by atoms with Crippen molar-refractivity contribution in [3.8, 4) is 5.88 Å². The van der Waals surface area contributed by atoms with E-state index in [-0.39, 0.29) is 22.7 Å². The standard InChI is InChI=1S/C15H15F2N3O4/c1-8-9(4-3-5-10(8)15(22)23)13(21)18-11-6-20(2)19-14(11)24-7-12(16)17/h3-6,12H,7H2,1-2H3,(H,18,21)(H,22,23). The van der Waals surface area contributed by atoms with Crippen LogP contribution in [0.2, 0.25) is 0 Å². The van der Waals surface area contributed by atoms with Gasteiger partial charge in [-0.3, -0.25) is 9.48 Å². The van der Waals surface area contributed by atoms with Crippen LogP contribution in [-0.4, -0.2) is 39.8 Å². The zero-order valence-electron chi connectivity index (χ0n) is 12.9. The highest BCUT2D eigenvalue weighted by molar-refractivity contribution is 6.07. The van der Waals surface area contributed by atoms with E-state index in [2.05, 4.69) is 10.4 Å². The minimum absolute atomic E-state index is 0.00279. The number of aromatic carboxylic acids is 1. The maximum absolute atomic E-state index is 12.4. The molecule has 0 saturated carbocycles. The molecule has 2 N–H and O–H groups in total. The van der Waals surface area contributed by atoms with Crippen molar-refractivity contribution in [2.45, 2.75) is 13.3 Å². The molecule has 7 nitrogen and oxygen atoms in total. The molecule has 0 aliphatic carbocycles. The number of rotatable bonds is 6. The number of amides is 1. The van der Waals surface area contributed by atoms with Gasteiger partial charge >= 0.3 is 5.97 Å². The molecule has 0 unspecified atom stereocenters. The number of aromatic nitrogens is 2. The van der Waals surface area contributed by atoms with Gasteiger partial charge in [0.15, 0.2) is 6.61 Å². The highest BCUT2D eigenvalue weighted by Crippen LogP contribution is 2.24. The third-order valence-corrected chi connectivity index (χ3v) is 3.20. The number of ether oxygens (including phenoxy) is 1. The van der Waals surface area contributed by atoms with Gasteiger partial charge in [-0.05, 0) is 24.6 Å². The molecule has 0 radical (unpaired) electrons. The topological polar surface area (TPSA) is 93.4 Å². The number of carbonyl (C=O) groups is 2. The zero-order valence-corrected chi connectivity index (χ0v) is 12.9. The smallest absolute Gasteiger partial charge is 0.335 e. The lowest BCUT2D eigenvalue weighted by Crippen LogP contribution is -2.16. The number of aryl methyl sites for hydroxylation is 1. The van der Waals surface area contributed by atoms with E-state index in [1.807, 2.05) is 0 Å². The highest BCUT2D eigenvalue weighted by atomic mass is 19.3. The lowest BCUT2D eigenvalue weighted by Gasteiger charge is -2.10. The van der Waals surface area contributed by atoms with Gasteiger partial charge in [-0.25, -0.2) is 13.6 Å². The molecule has 0 fully saturated rings. The minimum atomic E-state index is -2.68. The Balaban J connectivity index is 2.24. The summed E-state index contributed by atoms with van der Waals surface area (Å²) < 4.78 is 30.7. The summed E-state index contributed by atoms with van der Waals surface area (Å²) in [4.78, 5) is 23.5. The predicted octanol–water partition coefficient (Wildman–Crippen LogP) is 2.32. The van der Waals surface area contributed by atoms with E-state index < -0.39 is 24.9 Å². The van der Waals surface area contributed by atoms with E-state index >= 15 is 0 Å². The van der Waals surface area contributed by atoms with Gasteiger partial charge < -0.3 is 15.2 Å². The predicted molar refractivity (Wildman–Crippen MR) is 80.8 cm³/mol. The molecule has 1 heterocycles. The average Bonchev–Trinajstić information content (AvgIpc) is 2.84. The molecule has 0 spiro atoms. The van der Waals surface area contributed by atoms with Crippen LogP contribution in [-0.2, 0) is 7.05 Å². The summed E-state index contributed by atoms with van der Waals surface area (Å²) in [5, 5.41) is 15.4.